The van der Waals surface area contributed by atoms with Crippen LogP contribution in [-0.4, -0.2) is 41.7 Å². The van der Waals surface area contributed by atoms with Crippen LogP contribution in [0.5, 0.6) is 5.75 Å². The third-order valence-electron chi connectivity index (χ3n) is 5.68. The van der Waals surface area contributed by atoms with Crippen molar-refractivity contribution in [2.75, 3.05) is 16.2 Å². The van der Waals surface area contributed by atoms with E-state index in [2.05, 4.69) is 25.9 Å². The van der Waals surface area contributed by atoms with Crippen molar-refractivity contribution >= 4 is 39.1 Å². The molecule has 15 heteroatoms. The summed E-state index contributed by atoms with van der Waals surface area (Å²) in [6, 6.07) is 13.4. The van der Waals surface area contributed by atoms with Crippen molar-refractivity contribution in [1.29, 1.82) is 0 Å². The molecule has 0 atom stereocenters. The van der Waals surface area contributed by atoms with Crippen molar-refractivity contribution in [2.24, 2.45) is 0 Å². The van der Waals surface area contributed by atoms with Gasteiger partial charge < -0.3 is 4.74 Å². The van der Waals surface area contributed by atoms with E-state index in [-0.39, 0.29) is 39.3 Å². The van der Waals surface area contributed by atoms with Crippen LogP contribution < -0.4 is 14.4 Å². The topological polar surface area (TPSA) is 130 Å². The number of benzene rings is 3. The number of anilines is 2. The predicted octanol–water partition coefficient (Wildman–Crippen LogP) is 4.90. The summed E-state index contributed by atoms with van der Waals surface area (Å²) in [5.41, 5.74) is -0.533. The fraction of sp³-hybridized carbons (Fsp3) is 0.130. The van der Waals surface area contributed by atoms with E-state index < -0.39 is 27.9 Å². The molecule has 3 aromatic carbocycles. The fourth-order valence-electron chi connectivity index (χ4n) is 3.98. The third-order valence-corrected chi connectivity index (χ3v) is 7.72. The summed E-state index contributed by atoms with van der Waals surface area (Å²) in [6.07, 6.45) is -5.40. The molecule has 0 saturated carbocycles. The molecule has 4 aromatic rings. The molecule has 1 aliphatic heterocycles. The second kappa shape index (κ2) is 9.61. The van der Waals surface area contributed by atoms with Crippen LogP contribution in [-0.2, 0) is 22.6 Å². The van der Waals surface area contributed by atoms with Gasteiger partial charge in [-0.3, -0.25) is 9.62 Å². The summed E-state index contributed by atoms with van der Waals surface area (Å²) in [7, 11) is -3.94. The van der Waals surface area contributed by atoms with Crippen LogP contribution in [0.1, 0.15) is 11.1 Å². The molecule has 0 saturated heterocycles. The van der Waals surface area contributed by atoms with E-state index in [9.17, 15) is 26.4 Å². The molecule has 5 rings (SSSR count). The van der Waals surface area contributed by atoms with Crippen LogP contribution in [0, 0.1) is 0 Å². The highest BCUT2D eigenvalue weighted by Crippen LogP contribution is 2.38. The van der Waals surface area contributed by atoms with Crippen LogP contribution >= 0.6 is 11.6 Å². The number of halogens is 4. The second-order valence-electron chi connectivity index (χ2n) is 8.10. The molecule has 2 N–H and O–H groups in total. The quantitative estimate of drug-likeness (QED) is 0.352. The number of hydrogen-bond acceptors (Lipinski definition) is 7. The number of hydrogen-bond donors (Lipinski definition) is 2. The van der Waals surface area contributed by atoms with Crippen LogP contribution in [0.4, 0.5) is 29.3 Å². The summed E-state index contributed by atoms with van der Waals surface area (Å²) >= 11 is 5.96. The Morgan fingerprint density at radius 3 is 2.63 bits per heavy atom. The zero-order valence-corrected chi connectivity index (χ0v) is 20.6. The van der Waals surface area contributed by atoms with Gasteiger partial charge in [-0.25, -0.2) is 18.3 Å². The molecule has 2 heterocycles. The van der Waals surface area contributed by atoms with Gasteiger partial charge in [0.05, 0.1) is 16.1 Å². The SMILES string of the molecule is O=C(Nc1ccc(-c2nnn[nH]2)c(C(F)(F)F)c1)Oc1ccc2c(c1)N(S(=O)(=O)c1cccc(Cl)c1)CC2. The highest BCUT2D eigenvalue weighted by Gasteiger charge is 2.35. The number of rotatable bonds is 5. The number of sulfonamides is 1. The molecule has 196 valence electrons. The molecule has 10 nitrogen and oxygen atoms in total. The molecular formula is C23H16ClF3N6O4S. The van der Waals surface area contributed by atoms with Gasteiger partial charge in [0.1, 0.15) is 5.75 Å². The summed E-state index contributed by atoms with van der Waals surface area (Å²) in [4.78, 5) is 12.5. The van der Waals surface area contributed by atoms with Crippen molar-refractivity contribution in [3.8, 4) is 17.1 Å². The summed E-state index contributed by atoms with van der Waals surface area (Å²) in [6.45, 7) is 0.174. The number of alkyl halides is 3. The van der Waals surface area contributed by atoms with Crippen LogP contribution in [0.2, 0.25) is 5.02 Å². The van der Waals surface area contributed by atoms with Gasteiger partial charge in [-0.1, -0.05) is 23.7 Å². The van der Waals surface area contributed by atoms with Gasteiger partial charge in [0, 0.05) is 28.9 Å². The zero-order chi connectivity index (χ0) is 27.1. The number of amides is 1. The number of H-pyrrole nitrogens is 1. The van der Waals surface area contributed by atoms with Crippen molar-refractivity contribution in [3.63, 3.8) is 0 Å². The molecule has 0 spiro atoms. The van der Waals surface area contributed by atoms with Crippen molar-refractivity contribution in [3.05, 3.63) is 76.8 Å². The van der Waals surface area contributed by atoms with E-state index in [1.54, 1.807) is 12.1 Å². The summed E-state index contributed by atoms with van der Waals surface area (Å²) < 4.78 is 73.7. The number of carbonyl (C=O) groups excluding carboxylic acids is 1. The second-order valence-corrected chi connectivity index (χ2v) is 10.4. The normalized spacial score (nSPS) is 13.3. The minimum atomic E-state index is -4.76. The predicted molar refractivity (Wildman–Crippen MR) is 130 cm³/mol. The van der Waals surface area contributed by atoms with Gasteiger partial charge in [-0.15, -0.1) is 5.10 Å². The summed E-state index contributed by atoms with van der Waals surface area (Å²) in [5.74, 6) is -0.197. The Bertz CT molecular complexity index is 1630. The van der Waals surface area contributed by atoms with E-state index in [1.165, 1.54) is 40.7 Å². The lowest BCUT2D eigenvalue weighted by atomic mass is 10.1. The van der Waals surface area contributed by atoms with E-state index in [1.807, 2.05) is 0 Å². The molecule has 38 heavy (non-hydrogen) atoms. The number of aromatic amines is 1. The molecule has 1 aromatic heterocycles. The van der Waals surface area contributed by atoms with Crippen LogP contribution in [0.15, 0.2) is 65.6 Å². The Hall–Kier alpha value is -4.17. The maximum Gasteiger partial charge on any atom is 0.417 e. The number of ether oxygens (including phenoxy) is 1. The zero-order valence-electron chi connectivity index (χ0n) is 19.0. The standard InChI is InChI=1S/C23H16ClF3N6O4S/c24-14-2-1-3-17(10-14)38(35,36)33-9-8-13-4-6-16(12-20(13)33)37-22(34)28-15-5-7-18(21-29-31-32-30-21)19(11-15)23(25,26)27/h1-7,10-12H,8-9H2,(H,28,34)(H,29,30,31,32). The smallest absolute Gasteiger partial charge is 0.410 e. The van der Waals surface area contributed by atoms with Gasteiger partial charge in [0.25, 0.3) is 10.0 Å². The number of tetrazole rings is 1. The first-order valence-corrected chi connectivity index (χ1v) is 12.7. The van der Waals surface area contributed by atoms with Gasteiger partial charge >= 0.3 is 12.3 Å². The van der Waals surface area contributed by atoms with Crippen LogP contribution in [0.3, 0.4) is 0 Å². The number of nitrogens with zero attached hydrogens (tertiary/aromatic N) is 4. The first kappa shape index (κ1) is 25.5. The molecular weight excluding hydrogens is 549 g/mol. The van der Waals surface area contributed by atoms with E-state index in [0.717, 1.165) is 17.7 Å². The Morgan fingerprint density at radius 2 is 1.92 bits per heavy atom. The van der Waals surface area contributed by atoms with E-state index >= 15 is 0 Å². The highest BCUT2D eigenvalue weighted by atomic mass is 35.5. The van der Waals surface area contributed by atoms with Crippen molar-refractivity contribution in [2.45, 2.75) is 17.5 Å². The van der Waals surface area contributed by atoms with Crippen molar-refractivity contribution < 1.29 is 31.1 Å². The third kappa shape index (κ3) is 4.99. The lowest BCUT2D eigenvalue weighted by molar-refractivity contribution is -0.137. The fourth-order valence-corrected chi connectivity index (χ4v) is 5.78. The maximum absolute atomic E-state index is 13.6. The molecule has 0 fully saturated rings. The van der Waals surface area contributed by atoms with E-state index in [4.69, 9.17) is 16.3 Å². The lowest BCUT2D eigenvalue weighted by Crippen LogP contribution is -2.29. The number of aromatic nitrogens is 4. The van der Waals surface area contributed by atoms with Crippen LogP contribution in [0.25, 0.3) is 11.4 Å². The molecule has 0 radical (unpaired) electrons. The Labute approximate surface area is 218 Å². The molecule has 1 aliphatic rings. The van der Waals surface area contributed by atoms with Gasteiger partial charge in [0.2, 0.25) is 0 Å². The highest BCUT2D eigenvalue weighted by molar-refractivity contribution is 7.92. The first-order chi connectivity index (χ1) is 18.0. The van der Waals surface area contributed by atoms with Gasteiger partial charge in [-0.05, 0) is 64.9 Å². The Morgan fingerprint density at radius 1 is 1.11 bits per heavy atom. The maximum atomic E-state index is 13.6. The first-order valence-electron chi connectivity index (χ1n) is 10.9. The molecule has 0 bridgehead atoms. The minimum Gasteiger partial charge on any atom is -0.410 e. The average molecular weight is 565 g/mol. The summed E-state index contributed by atoms with van der Waals surface area (Å²) in [5, 5.41) is 14.8. The molecule has 0 aliphatic carbocycles. The van der Waals surface area contributed by atoms with Crippen molar-refractivity contribution in [1.82, 2.24) is 20.6 Å². The Balaban J connectivity index is 1.36. The number of fused-ring (bicyclic) bond motifs is 1. The average Bonchev–Trinajstić information content (AvgIpc) is 3.54. The van der Waals surface area contributed by atoms with E-state index in [0.29, 0.717) is 12.1 Å². The Kier molecular flexibility index (Phi) is 6.44. The number of carbonyl (C=O) groups is 1. The number of nitrogens with one attached hydrogen (secondary N) is 2. The minimum absolute atomic E-state index is 0.00477. The lowest BCUT2D eigenvalue weighted by Gasteiger charge is -2.20. The molecule has 0 unspecified atom stereocenters. The van der Waals surface area contributed by atoms with Gasteiger partial charge in [-0.2, -0.15) is 13.2 Å². The molecule has 1 amide bonds. The monoisotopic (exact) mass is 564 g/mol. The largest absolute Gasteiger partial charge is 0.417 e. The van der Waals surface area contributed by atoms with Gasteiger partial charge in [0.15, 0.2) is 5.82 Å².